The van der Waals surface area contributed by atoms with Crippen LogP contribution in [0.5, 0.6) is 5.75 Å². The van der Waals surface area contributed by atoms with E-state index in [-0.39, 0.29) is 17.4 Å². The highest BCUT2D eigenvalue weighted by Gasteiger charge is 2.27. The second kappa shape index (κ2) is 8.55. The minimum atomic E-state index is -1.05. The van der Waals surface area contributed by atoms with Gasteiger partial charge in [0.25, 0.3) is 11.8 Å². The first-order valence-corrected chi connectivity index (χ1v) is 11.0. The number of H-pyrrole nitrogens is 1. The second-order valence-corrected chi connectivity index (χ2v) is 8.35. The van der Waals surface area contributed by atoms with E-state index in [1.807, 2.05) is 0 Å². The highest BCUT2D eigenvalue weighted by molar-refractivity contribution is 6.35. The molecule has 1 aliphatic heterocycles. The van der Waals surface area contributed by atoms with Gasteiger partial charge in [-0.2, -0.15) is 0 Å². The van der Waals surface area contributed by atoms with E-state index in [9.17, 15) is 14.4 Å². The summed E-state index contributed by atoms with van der Waals surface area (Å²) in [6.07, 6.45) is 5.95. The molecular formula is C26H23N3O5. The number of carbonyl (C=O) groups is 3. The highest BCUT2D eigenvalue weighted by Crippen LogP contribution is 2.39. The fourth-order valence-corrected chi connectivity index (χ4v) is 4.53. The maximum Gasteiger partial charge on any atom is 0.335 e. The molecule has 1 aromatic heterocycles. The lowest BCUT2D eigenvalue weighted by Crippen LogP contribution is -2.12. The van der Waals surface area contributed by atoms with Gasteiger partial charge in [0.15, 0.2) is 0 Å². The largest absolute Gasteiger partial charge is 0.494 e. The molecule has 0 atom stereocenters. The van der Waals surface area contributed by atoms with E-state index in [2.05, 4.69) is 15.6 Å². The number of carboxylic acids is 1. The molecule has 0 bridgehead atoms. The fourth-order valence-electron chi connectivity index (χ4n) is 4.53. The van der Waals surface area contributed by atoms with Crippen LogP contribution in [0.4, 0.5) is 11.4 Å². The van der Waals surface area contributed by atoms with Crippen LogP contribution in [0.2, 0.25) is 0 Å². The molecule has 3 aromatic rings. The van der Waals surface area contributed by atoms with Gasteiger partial charge in [0, 0.05) is 33.8 Å². The van der Waals surface area contributed by atoms with E-state index in [1.165, 1.54) is 29.8 Å². The summed E-state index contributed by atoms with van der Waals surface area (Å²) in [6, 6.07) is 10.9. The average Bonchev–Trinajstić information content (AvgIpc) is 3.35. The summed E-state index contributed by atoms with van der Waals surface area (Å²) in [7, 11) is 1.64. The summed E-state index contributed by atoms with van der Waals surface area (Å²) in [5.41, 5.74) is 5.87. The molecule has 4 N–H and O–H groups in total. The number of ether oxygens (including phenoxy) is 1. The van der Waals surface area contributed by atoms with E-state index in [0.29, 0.717) is 28.1 Å². The number of aromatic amines is 1. The third-order valence-corrected chi connectivity index (χ3v) is 6.22. The lowest BCUT2D eigenvalue weighted by molar-refractivity contribution is -0.110. The number of aryl methyl sites for hydroxylation is 1. The number of rotatable bonds is 5. The van der Waals surface area contributed by atoms with E-state index in [1.54, 1.807) is 31.4 Å². The Kier molecular flexibility index (Phi) is 5.41. The molecule has 0 radical (unpaired) electrons. The zero-order valence-corrected chi connectivity index (χ0v) is 18.5. The third kappa shape index (κ3) is 3.83. The molecule has 5 rings (SSSR count). The Balaban J connectivity index is 1.44. The van der Waals surface area contributed by atoms with Gasteiger partial charge in [-0.3, -0.25) is 9.59 Å². The monoisotopic (exact) mass is 457 g/mol. The average molecular weight is 457 g/mol. The third-order valence-electron chi connectivity index (χ3n) is 6.22. The number of carboxylic acid groups (broad SMARTS) is 1. The molecule has 2 aliphatic rings. The molecule has 0 fully saturated rings. The molecule has 2 heterocycles. The summed E-state index contributed by atoms with van der Waals surface area (Å²) < 4.78 is 5.66. The van der Waals surface area contributed by atoms with E-state index in [0.717, 1.165) is 42.8 Å². The van der Waals surface area contributed by atoms with Crippen LogP contribution in [0.1, 0.15) is 56.1 Å². The van der Waals surface area contributed by atoms with Crippen molar-refractivity contribution in [3.8, 4) is 5.75 Å². The van der Waals surface area contributed by atoms with Crippen molar-refractivity contribution in [2.75, 3.05) is 17.7 Å². The Morgan fingerprint density at radius 2 is 1.79 bits per heavy atom. The van der Waals surface area contributed by atoms with Gasteiger partial charge in [-0.05, 0) is 74.2 Å². The van der Waals surface area contributed by atoms with Crippen LogP contribution >= 0.6 is 0 Å². The van der Waals surface area contributed by atoms with Crippen LogP contribution in [-0.2, 0) is 17.6 Å². The molecule has 8 heteroatoms. The number of benzene rings is 2. The molecule has 1 aliphatic carbocycles. The number of hydrogen-bond acceptors (Lipinski definition) is 4. The molecule has 0 unspecified atom stereocenters. The molecule has 0 spiro atoms. The molecule has 172 valence electrons. The lowest BCUT2D eigenvalue weighted by Gasteiger charge is -2.11. The standard InChI is InChI=1S/C26H23N3O5/c1-34-23-17-4-2-3-5-20(17)28-22(23)13-19-18-12-16(10-11-21(18)29-25(19)31)27-24(30)14-6-8-15(9-7-14)26(32)33/h6-13,28H,2-5H2,1H3,(H,27,30)(H,29,31)(H,32,33). The number of fused-ring (bicyclic) bond motifs is 2. The molecule has 2 amide bonds. The molecular weight excluding hydrogens is 434 g/mol. The van der Waals surface area contributed by atoms with Gasteiger partial charge in [0.2, 0.25) is 0 Å². The quantitative estimate of drug-likeness (QED) is 0.425. The minimum absolute atomic E-state index is 0.106. The first kappa shape index (κ1) is 21.5. The van der Waals surface area contributed by atoms with Gasteiger partial charge < -0.3 is 25.5 Å². The van der Waals surface area contributed by atoms with Crippen molar-refractivity contribution in [2.45, 2.75) is 25.7 Å². The number of aromatic carboxylic acids is 1. The maximum absolute atomic E-state index is 12.8. The molecule has 8 nitrogen and oxygen atoms in total. The number of amides is 2. The SMILES string of the molecule is COc1c(C=C2C(=O)Nc3ccc(NC(=O)c4ccc(C(=O)O)cc4)cc32)[nH]c2c1CCCC2. The topological polar surface area (TPSA) is 121 Å². The number of methoxy groups -OCH3 is 1. The van der Waals surface area contributed by atoms with Crippen molar-refractivity contribution in [2.24, 2.45) is 0 Å². The Morgan fingerprint density at radius 3 is 2.53 bits per heavy atom. The number of hydrogen-bond donors (Lipinski definition) is 4. The number of nitrogens with one attached hydrogen (secondary N) is 3. The van der Waals surface area contributed by atoms with Gasteiger partial charge in [0.05, 0.1) is 23.9 Å². The predicted molar refractivity (Wildman–Crippen MR) is 128 cm³/mol. The number of aromatic nitrogens is 1. The Labute approximate surface area is 195 Å². The van der Waals surface area contributed by atoms with Gasteiger partial charge in [-0.1, -0.05) is 0 Å². The Morgan fingerprint density at radius 1 is 1.06 bits per heavy atom. The van der Waals surface area contributed by atoms with Crippen LogP contribution in [0.15, 0.2) is 42.5 Å². The zero-order valence-electron chi connectivity index (χ0n) is 18.5. The van der Waals surface area contributed by atoms with Crippen LogP contribution in [-0.4, -0.2) is 35.0 Å². The number of anilines is 2. The fraction of sp³-hybridized carbons (Fsp3) is 0.192. The van der Waals surface area contributed by atoms with Crippen molar-refractivity contribution in [1.82, 2.24) is 4.98 Å². The van der Waals surface area contributed by atoms with Gasteiger partial charge >= 0.3 is 5.97 Å². The van der Waals surface area contributed by atoms with E-state index >= 15 is 0 Å². The summed E-state index contributed by atoms with van der Waals surface area (Å²) >= 11 is 0. The van der Waals surface area contributed by atoms with Gasteiger partial charge in [-0.15, -0.1) is 0 Å². The number of carbonyl (C=O) groups excluding carboxylic acids is 2. The molecule has 0 saturated heterocycles. The maximum atomic E-state index is 12.8. The molecule has 34 heavy (non-hydrogen) atoms. The van der Waals surface area contributed by atoms with Crippen LogP contribution in [0.3, 0.4) is 0 Å². The smallest absolute Gasteiger partial charge is 0.335 e. The van der Waals surface area contributed by atoms with Crippen molar-refractivity contribution >= 4 is 40.8 Å². The summed E-state index contributed by atoms with van der Waals surface area (Å²) in [4.78, 5) is 39.8. The van der Waals surface area contributed by atoms with Crippen LogP contribution in [0, 0.1) is 0 Å². The van der Waals surface area contributed by atoms with Crippen LogP contribution in [0.25, 0.3) is 11.6 Å². The van der Waals surface area contributed by atoms with Gasteiger partial charge in [0.1, 0.15) is 5.75 Å². The molecule has 2 aromatic carbocycles. The Bertz CT molecular complexity index is 1350. The highest BCUT2D eigenvalue weighted by atomic mass is 16.5. The summed E-state index contributed by atoms with van der Waals surface area (Å²) in [5.74, 6) is -0.880. The first-order valence-electron chi connectivity index (χ1n) is 11.0. The van der Waals surface area contributed by atoms with E-state index < -0.39 is 5.97 Å². The first-order chi connectivity index (χ1) is 16.4. The lowest BCUT2D eigenvalue weighted by atomic mass is 9.97. The predicted octanol–water partition coefficient (Wildman–Crippen LogP) is 4.35. The summed E-state index contributed by atoms with van der Waals surface area (Å²) in [5, 5.41) is 14.7. The zero-order chi connectivity index (χ0) is 23.8. The second-order valence-electron chi connectivity index (χ2n) is 8.35. The van der Waals surface area contributed by atoms with Gasteiger partial charge in [-0.25, -0.2) is 4.79 Å². The molecule has 0 saturated carbocycles. The Hall–Kier alpha value is -4.33. The van der Waals surface area contributed by atoms with Crippen molar-refractivity contribution in [3.63, 3.8) is 0 Å². The minimum Gasteiger partial charge on any atom is -0.494 e. The normalized spacial score (nSPS) is 15.4. The van der Waals surface area contributed by atoms with Crippen LogP contribution < -0.4 is 15.4 Å². The van der Waals surface area contributed by atoms with Crippen molar-refractivity contribution in [3.05, 3.63) is 76.1 Å². The van der Waals surface area contributed by atoms with Crippen molar-refractivity contribution in [1.29, 1.82) is 0 Å². The van der Waals surface area contributed by atoms with E-state index in [4.69, 9.17) is 9.84 Å². The summed E-state index contributed by atoms with van der Waals surface area (Å²) in [6.45, 7) is 0. The van der Waals surface area contributed by atoms with Crippen molar-refractivity contribution < 1.29 is 24.2 Å².